The van der Waals surface area contributed by atoms with Crippen LogP contribution in [0.15, 0.2) is 30.5 Å². The van der Waals surface area contributed by atoms with E-state index in [1.54, 1.807) is 6.20 Å². The molecule has 1 fully saturated rings. The van der Waals surface area contributed by atoms with E-state index in [9.17, 15) is 24.3 Å². The molecule has 0 saturated carbocycles. The zero-order valence-electron chi connectivity index (χ0n) is 19.1. The van der Waals surface area contributed by atoms with Gasteiger partial charge in [0.25, 0.3) is 0 Å². The zero-order chi connectivity index (χ0) is 24.8. The third kappa shape index (κ3) is 6.12. The molecular weight excluding hydrogens is 442 g/mol. The first-order valence-corrected chi connectivity index (χ1v) is 11.3. The zero-order valence-corrected chi connectivity index (χ0v) is 19.1. The van der Waals surface area contributed by atoms with E-state index in [2.05, 4.69) is 26.3 Å². The number of aliphatic carboxylic acids is 1. The van der Waals surface area contributed by atoms with Gasteiger partial charge in [-0.2, -0.15) is 0 Å². The molecule has 0 aliphatic carbocycles. The summed E-state index contributed by atoms with van der Waals surface area (Å²) < 4.78 is 0. The van der Waals surface area contributed by atoms with Crippen molar-refractivity contribution < 1.29 is 29.4 Å². The Morgan fingerprint density at radius 3 is 2.47 bits per heavy atom. The number of nitrogens with one attached hydrogen (secondary N) is 5. The van der Waals surface area contributed by atoms with Crippen molar-refractivity contribution in [1.29, 1.82) is 0 Å². The van der Waals surface area contributed by atoms with Crippen molar-refractivity contribution in [3.8, 4) is 0 Å². The van der Waals surface area contributed by atoms with Crippen LogP contribution in [0.25, 0.3) is 10.9 Å². The Morgan fingerprint density at radius 1 is 1.09 bits per heavy atom. The van der Waals surface area contributed by atoms with Crippen LogP contribution in [0.3, 0.4) is 0 Å². The van der Waals surface area contributed by atoms with Gasteiger partial charge >= 0.3 is 5.97 Å². The average molecular weight is 474 g/mol. The van der Waals surface area contributed by atoms with E-state index in [0.717, 1.165) is 29.4 Å². The molecule has 3 rings (SSSR count). The third-order valence-corrected chi connectivity index (χ3v) is 5.91. The number of hydrogen-bond acceptors (Lipinski definition) is 6. The first-order chi connectivity index (χ1) is 16.2. The summed E-state index contributed by atoms with van der Waals surface area (Å²) in [6.07, 6.45) is 2.18. The summed E-state index contributed by atoms with van der Waals surface area (Å²) in [4.78, 5) is 52.7. The highest BCUT2D eigenvalue weighted by atomic mass is 16.4. The first kappa shape index (κ1) is 25.2. The van der Waals surface area contributed by atoms with Crippen LogP contribution in [-0.2, 0) is 25.6 Å². The maximum atomic E-state index is 13.1. The maximum Gasteiger partial charge on any atom is 0.328 e. The van der Waals surface area contributed by atoms with E-state index >= 15 is 0 Å². The maximum absolute atomic E-state index is 13.1. The topological polar surface area (TPSA) is 173 Å². The Hall–Kier alpha value is -3.44. The van der Waals surface area contributed by atoms with Gasteiger partial charge in [0.2, 0.25) is 17.7 Å². The molecule has 5 atom stereocenters. The second kappa shape index (κ2) is 11.1. The molecule has 34 heavy (non-hydrogen) atoms. The van der Waals surface area contributed by atoms with Crippen LogP contribution >= 0.6 is 0 Å². The Morgan fingerprint density at radius 2 is 1.82 bits per heavy atom. The van der Waals surface area contributed by atoms with E-state index in [1.165, 1.54) is 13.8 Å². The summed E-state index contributed by atoms with van der Waals surface area (Å²) in [5.74, 6) is -3.04. The van der Waals surface area contributed by atoms with Crippen LogP contribution in [-0.4, -0.2) is 75.7 Å². The molecule has 5 unspecified atom stereocenters. The number of rotatable bonds is 10. The van der Waals surface area contributed by atoms with Crippen molar-refractivity contribution in [1.82, 2.24) is 26.3 Å². The van der Waals surface area contributed by atoms with Crippen molar-refractivity contribution in [2.45, 2.75) is 63.4 Å². The highest BCUT2D eigenvalue weighted by molar-refractivity contribution is 5.94. The Bertz CT molecular complexity index is 1050. The smallest absolute Gasteiger partial charge is 0.328 e. The lowest BCUT2D eigenvalue weighted by Gasteiger charge is -2.24. The minimum Gasteiger partial charge on any atom is -0.480 e. The van der Waals surface area contributed by atoms with Crippen LogP contribution in [0.2, 0.25) is 0 Å². The number of benzene rings is 1. The van der Waals surface area contributed by atoms with E-state index < -0.39 is 42.0 Å². The van der Waals surface area contributed by atoms with E-state index in [4.69, 9.17) is 5.11 Å². The fourth-order valence-electron chi connectivity index (χ4n) is 3.96. The fourth-order valence-corrected chi connectivity index (χ4v) is 3.96. The summed E-state index contributed by atoms with van der Waals surface area (Å²) in [6.45, 7) is 3.37. The molecule has 1 aliphatic heterocycles. The number of H-pyrrole nitrogens is 1. The number of aromatic nitrogens is 1. The molecule has 11 heteroatoms. The van der Waals surface area contributed by atoms with Gasteiger partial charge in [-0.15, -0.1) is 0 Å². The van der Waals surface area contributed by atoms with Gasteiger partial charge in [-0.25, -0.2) is 4.79 Å². The van der Waals surface area contributed by atoms with Crippen LogP contribution in [0, 0.1) is 0 Å². The van der Waals surface area contributed by atoms with Gasteiger partial charge in [-0.05, 0) is 44.9 Å². The van der Waals surface area contributed by atoms with Gasteiger partial charge in [0.05, 0.1) is 12.1 Å². The summed E-state index contributed by atoms with van der Waals surface area (Å²) in [7, 11) is 0. The van der Waals surface area contributed by atoms with E-state index in [-0.39, 0.29) is 18.4 Å². The van der Waals surface area contributed by atoms with Gasteiger partial charge in [0.1, 0.15) is 12.1 Å². The number of aliphatic hydroxyl groups is 1. The molecule has 1 aromatic heterocycles. The first-order valence-electron chi connectivity index (χ1n) is 11.3. The predicted octanol–water partition coefficient (Wildman–Crippen LogP) is -0.598. The SMILES string of the molecule is CC(NC(=O)C(Cc1c[nH]c2ccccc12)NC(=O)C1CCCN1)C(=O)NC(C(=O)O)C(C)O. The van der Waals surface area contributed by atoms with Gasteiger partial charge in [-0.3, -0.25) is 14.4 Å². The van der Waals surface area contributed by atoms with Gasteiger partial charge < -0.3 is 36.5 Å². The van der Waals surface area contributed by atoms with Crippen molar-refractivity contribution in [2.24, 2.45) is 0 Å². The molecule has 2 heterocycles. The number of aromatic amines is 1. The number of carbonyl (C=O) groups is 4. The van der Waals surface area contributed by atoms with Crippen molar-refractivity contribution >= 4 is 34.6 Å². The number of carboxylic acid groups (broad SMARTS) is 1. The predicted molar refractivity (Wildman–Crippen MR) is 124 cm³/mol. The Kier molecular flexibility index (Phi) is 8.24. The molecule has 7 N–H and O–H groups in total. The molecule has 184 valence electrons. The van der Waals surface area contributed by atoms with Crippen molar-refractivity contribution in [2.75, 3.05) is 6.54 Å². The molecule has 0 bridgehead atoms. The average Bonchev–Trinajstić information content (AvgIpc) is 3.47. The molecule has 3 amide bonds. The van der Waals surface area contributed by atoms with Crippen LogP contribution < -0.4 is 21.3 Å². The Balaban J connectivity index is 1.73. The van der Waals surface area contributed by atoms with Gasteiger partial charge in [-0.1, -0.05) is 18.2 Å². The number of carbonyl (C=O) groups excluding carboxylic acids is 3. The van der Waals surface area contributed by atoms with Gasteiger partial charge in [0.15, 0.2) is 6.04 Å². The largest absolute Gasteiger partial charge is 0.480 e. The molecule has 2 aromatic rings. The van der Waals surface area contributed by atoms with Crippen LogP contribution in [0.4, 0.5) is 0 Å². The highest BCUT2D eigenvalue weighted by Gasteiger charge is 2.31. The summed E-state index contributed by atoms with van der Waals surface area (Å²) >= 11 is 0. The number of fused-ring (bicyclic) bond motifs is 1. The van der Waals surface area contributed by atoms with Gasteiger partial charge in [0, 0.05) is 23.5 Å². The number of para-hydroxylation sites is 1. The summed E-state index contributed by atoms with van der Waals surface area (Å²) in [5.41, 5.74) is 1.72. The normalized spacial score (nSPS) is 19.1. The van der Waals surface area contributed by atoms with Crippen LogP contribution in [0.5, 0.6) is 0 Å². The quantitative estimate of drug-likeness (QED) is 0.241. The molecule has 1 aromatic carbocycles. The fraction of sp³-hybridized carbons (Fsp3) is 0.478. The summed E-state index contributed by atoms with van der Waals surface area (Å²) in [6, 6.07) is 3.62. The standard InChI is InChI=1S/C23H31N5O6/c1-12(20(30)28-19(13(2)29)23(33)34)26-22(32)18(27-21(31)17-8-5-9-24-17)10-14-11-25-16-7-4-3-6-15(14)16/h3-4,6-7,11-13,17-19,24-25,29H,5,8-10H2,1-2H3,(H,26,32)(H,27,31)(H,28,30)(H,33,34). The Labute approximate surface area is 196 Å². The lowest BCUT2D eigenvalue weighted by molar-refractivity contribution is -0.145. The second-order valence-electron chi connectivity index (χ2n) is 8.57. The molecular formula is C23H31N5O6. The van der Waals surface area contributed by atoms with Crippen LogP contribution in [0.1, 0.15) is 32.3 Å². The highest BCUT2D eigenvalue weighted by Crippen LogP contribution is 2.19. The number of aliphatic hydroxyl groups excluding tert-OH is 1. The third-order valence-electron chi connectivity index (χ3n) is 5.91. The lowest BCUT2D eigenvalue weighted by atomic mass is 10.0. The summed E-state index contributed by atoms with van der Waals surface area (Å²) in [5, 5.41) is 30.3. The number of amides is 3. The van der Waals surface area contributed by atoms with Crippen molar-refractivity contribution in [3.05, 3.63) is 36.0 Å². The molecule has 1 aliphatic rings. The second-order valence-corrected chi connectivity index (χ2v) is 8.57. The number of carboxylic acids is 1. The molecule has 11 nitrogen and oxygen atoms in total. The minimum atomic E-state index is -1.51. The van der Waals surface area contributed by atoms with Crippen molar-refractivity contribution in [3.63, 3.8) is 0 Å². The molecule has 0 spiro atoms. The molecule has 1 saturated heterocycles. The molecule has 0 radical (unpaired) electrons. The minimum absolute atomic E-state index is 0.189. The lowest BCUT2D eigenvalue weighted by Crippen LogP contribution is -2.57. The monoisotopic (exact) mass is 473 g/mol. The number of hydrogen-bond donors (Lipinski definition) is 7. The van der Waals surface area contributed by atoms with E-state index in [0.29, 0.717) is 6.42 Å². The van der Waals surface area contributed by atoms with E-state index in [1.807, 2.05) is 24.3 Å².